The van der Waals surface area contributed by atoms with Crippen LogP contribution in [0, 0.1) is 0 Å². The van der Waals surface area contributed by atoms with Gasteiger partial charge in [0.05, 0.1) is 0 Å². The van der Waals surface area contributed by atoms with Crippen LogP contribution in [0.15, 0.2) is 6.33 Å². The van der Waals surface area contributed by atoms with E-state index in [9.17, 15) is 0 Å². The Morgan fingerprint density at radius 1 is 1.38 bits per heavy atom. The molecule has 0 radical (unpaired) electrons. The number of anilines is 1. The van der Waals surface area contributed by atoms with E-state index in [1.165, 1.54) is 6.33 Å². The molecular formula is C10H18N6. The molecule has 2 N–H and O–H groups in total. The van der Waals surface area contributed by atoms with Gasteiger partial charge in [0, 0.05) is 32.1 Å². The van der Waals surface area contributed by atoms with Gasteiger partial charge in [0.15, 0.2) is 0 Å². The minimum atomic E-state index is 0.303. The first-order valence-corrected chi connectivity index (χ1v) is 5.47. The van der Waals surface area contributed by atoms with Crippen LogP contribution in [0.1, 0.15) is 5.82 Å². The molecule has 0 aliphatic carbocycles. The molecule has 1 saturated heterocycles. The number of nitrogens with zero attached hydrogens (tertiary/aromatic N) is 5. The number of likely N-dealkylation sites (N-methyl/N-ethyl adjacent to an activating group) is 2. The van der Waals surface area contributed by atoms with Gasteiger partial charge in [0.25, 0.3) is 0 Å². The van der Waals surface area contributed by atoms with Gasteiger partial charge in [-0.25, -0.2) is 9.97 Å². The standard InChI is InChI=1S/C10H18N6/c1-15-3-4-16(2)8(6-15)5-9-12-7-13-10(11)14-9/h7-8H,3-6H2,1-2H3,(H2,11,12,13,14). The van der Waals surface area contributed by atoms with E-state index in [2.05, 4.69) is 38.8 Å². The van der Waals surface area contributed by atoms with Gasteiger partial charge in [-0.15, -0.1) is 0 Å². The maximum absolute atomic E-state index is 5.54. The predicted molar refractivity (Wildman–Crippen MR) is 61.9 cm³/mol. The lowest BCUT2D eigenvalue weighted by atomic mass is 10.1. The molecule has 1 aromatic rings. The Kier molecular flexibility index (Phi) is 3.31. The van der Waals surface area contributed by atoms with Crippen LogP contribution >= 0.6 is 0 Å². The van der Waals surface area contributed by atoms with Crippen molar-refractivity contribution in [2.24, 2.45) is 0 Å². The molecule has 1 unspecified atom stereocenters. The zero-order valence-electron chi connectivity index (χ0n) is 9.80. The molecule has 0 bridgehead atoms. The highest BCUT2D eigenvalue weighted by Crippen LogP contribution is 2.10. The second-order valence-electron chi connectivity index (χ2n) is 4.36. The lowest BCUT2D eigenvalue weighted by Gasteiger charge is -2.37. The number of hydrogen-bond donors (Lipinski definition) is 1. The molecule has 1 atom stereocenters. The molecule has 1 fully saturated rings. The van der Waals surface area contributed by atoms with Crippen molar-refractivity contribution in [1.29, 1.82) is 0 Å². The number of nitrogens with two attached hydrogens (primary N) is 1. The Morgan fingerprint density at radius 3 is 2.94 bits per heavy atom. The van der Waals surface area contributed by atoms with Crippen molar-refractivity contribution in [3.63, 3.8) is 0 Å². The highest BCUT2D eigenvalue weighted by Gasteiger charge is 2.23. The fraction of sp³-hybridized carbons (Fsp3) is 0.700. The highest BCUT2D eigenvalue weighted by molar-refractivity contribution is 5.13. The van der Waals surface area contributed by atoms with Crippen LogP contribution in [0.5, 0.6) is 0 Å². The Labute approximate surface area is 95.5 Å². The number of rotatable bonds is 2. The second kappa shape index (κ2) is 4.71. The van der Waals surface area contributed by atoms with Gasteiger partial charge in [0.2, 0.25) is 5.95 Å². The van der Waals surface area contributed by atoms with Crippen molar-refractivity contribution >= 4 is 5.95 Å². The maximum Gasteiger partial charge on any atom is 0.223 e. The molecule has 88 valence electrons. The van der Waals surface area contributed by atoms with Gasteiger partial charge >= 0.3 is 0 Å². The lowest BCUT2D eigenvalue weighted by Crippen LogP contribution is -2.50. The van der Waals surface area contributed by atoms with E-state index in [0.29, 0.717) is 12.0 Å². The predicted octanol–water partition coefficient (Wildman–Crippen LogP) is -0.758. The molecule has 0 saturated carbocycles. The highest BCUT2D eigenvalue weighted by atomic mass is 15.3. The van der Waals surface area contributed by atoms with E-state index in [4.69, 9.17) is 5.73 Å². The molecule has 2 rings (SSSR count). The summed E-state index contributed by atoms with van der Waals surface area (Å²) in [7, 11) is 4.28. The van der Waals surface area contributed by atoms with Gasteiger partial charge in [-0.05, 0) is 14.1 Å². The topological polar surface area (TPSA) is 71.2 Å². The van der Waals surface area contributed by atoms with E-state index in [-0.39, 0.29) is 0 Å². The summed E-state index contributed by atoms with van der Waals surface area (Å²) in [5, 5.41) is 0. The lowest BCUT2D eigenvalue weighted by molar-refractivity contribution is 0.113. The normalized spacial score (nSPS) is 23.5. The van der Waals surface area contributed by atoms with Gasteiger partial charge < -0.3 is 15.5 Å². The average Bonchev–Trinajstić information content (AvgIpc) is 2.24. The van der Waals surface area contributed by atoms with Crippen molar-refractivity contribution in [2.45, 2.75) is 12.5 Å². The molecule has 2 heterocycles. The summed E-state index contributed by atoms with van der Waals surface area (Å²) < 4.78 is 0. The average molecular weight is 222 g/mol. The van der Waals surface area contributed by atoms with E-state index < -0.39 is 0 Å². The molecule has 0 spiro atoms. The first-order chi connectivity index (χ1) is 7.65. The van der Waals surface area contributed by atoms with Crippen LogP contribution in [-0.2, 0) is 6.42 Å². The van der Waals surface area contributed by atoms with Crippen LogP contribution in [0.3, 0.4) is 0 Å². The molecular weight excluding hydrogens is 204 g/mol. The van der Waals surface area contributed by atoms with Crippen LogP contribution < -0.4 is 5.73 Å². The van der Waals surface area contributed by atoms with Crippen molar-refractivity contribution < 1.29 is 0 Å². The Hall–Kier alpha value is -1.27. The van der Waals surface area contributed by atoms with Crippen molar-refractivity contribution in [1.82, 2.24) is 24.8 Å². The molecule has 1 aliphatic rings. The van der Waals surface area contributed by atoms with Gasteiger partial charge in [-0.1, -0.05) is 0 Å². The fourth-order valence-corrected chi connectivity index (χ4v) is 1.98. The zero-order chi connectivity index (χ0) is 11.5. The quantitative estimate of drug-likeness (QED) is 0.709. The first kappa shape index (κ1) is 11.2. The molecule has 16 heavy (non-hydrogen) atoms. The maximum atomic E-state index is 5.54. The third kappa shape index (κ3) is 2.65. The monoisotopic (exact) mass is 222 g/mol. The third-order valence-corrected chi connectivity index (χ3v) is 3.04. The van der Waals surface area contributed by atoms with Gasteiger partial charge in [-0.3, -0.25) is 0 Å². The molecule has 6 nitrogen and oxygen atoms in total. The number of nitrogen functional groups attached to an aromatic ring is 1. The Bertz CT molecular complexity index is 355. The first-order valence-electron chi connectivity index (χ1n) is 5.47. The van der Waals surface area contributed by atoms with E-state index >= 15 is 0 Å². The summed E-state index contributed by atoms with van der Waals surface area (Å²) in [6.45, 7) is 3.25. The summed E-state index contributed by atoms with van der Waals surface area (Å²) in [6.07, 6.45) is 2.30. The summed E-state index contributed by atoms with van der Waals surface area (Å²) in [5.74, 6) is 1.08. The molecule has 1 aromatic heterocycles. The molecule has 1 aliphatic heterocycles. The SMILES string of the molecule is CN1CCN(C)C(Cc2ncnc(N)n2)C1. The fourth-order valence-electron chi connectivity index (χ4n) is 1.98. The van der Waals surface area contributed by atoms with Crippen LogP contribution in [0.2, 0.25) is 0 Å². The Balaban J connectivity index is 2.02. The van der Waals surface area contributed by atoms with E-state index in [1.54, 1.807) is 0 Å². The number of hydrogen-bond acceptors (Lipinski definition) is 6. The van der Waals surface area contributed by atoms with Crippen molar-refractivity contribution in [2.75, 3.05) is 39.5 Å². The van der Waals surface area contributed by atoms with Crippen LogP contribution in [0.25, 0.3) is 0 Å². The van der Waals surface area contributed by atoms with Gasteiger partial charge in [-0.2, -0.15) is 4.98 Å². The van der Waals surface area contributed by atoms with Crippen molar-refractivity contribution in [3.8, 4) is 0 Å². The number of aromatic nitrogens is 3. The minimum absolute atomic E-state index is 0.303. The molecule has 0 amide bonds. The van der Waals surface area contributed by atoms with E-state index in [1.807, 2.05) is 0 Å². The smallest absolute Gasteiger partial charge is 0.223 e. The summed E-state index contributed by atoms with van der Waals surface area (Å²) >= 11 is 0. The summed E-state index contributed by atoms with van der Waals surface area (Å²) in [4.78, 5) is 16.8. The van der Waals surface area contributed by atoms with Gasteiger partial charge in [0.1, 0.15) is 12.2 Å². The largest absolute Gasteiger partial charge is 0.368 e. The minimum Gasteiger partial charge on any atom is -0.368 e. The van der Waals surface area contributed by atoms with Crippen LogP contribution in [-0.4, -0.2) is 64.5 Å². The summed E-state index contributed by atoms with van der Waals surface area (Å²) in [5.41, 5.74) is 5.54. The Morgan fingerprint density at radius 2 is 2.19 bits per heavy atom. The van der Waals surface area contributed by atoms with Crippen molar-refractivity contribution in [3.05, 3.63) is 12.2 Å². The zero-order valence-corrected chi connectivity index (χ0v) is 9.80. The second-order valence-corrected chi connectivity index (χ2v) is 4.36. The van der Waals surface area contributed by atoms with E-state index in [0.717, 1.165) is 31.9 Å². The third-order valence-electron chi connectivity index (χ3n) is 3.04. The van der Waals surface area contributed by atoms with Crippen LogP contribution in [0.4, 0.5) is 5.95 Å². The molecule has 6 heteroatoms. The number of piperazine rings is 1. The summed E-state index contributed by atoms with van der Waals surface area (Å²) in [6, 6.07) is 0.459. The molecule has 0 aromatic carbocycles.